The number of anilines is 1. The van der Waals surface area contributed by atoms with E-state index in [2.05, 4.69) is 30.8 Å². The van der Waals surface area contributed by atoms with Crippen LogP contribution in [0.3, 0.4) is 0 Å². The molecule has 0 amide bonds. The molecule has 8 heteroatoms. The van der Waals surface area contributed by atoms with Crippen LogP contribution in [-0.2, 0) is 10.0 Å². The molecule has 1 aromatic heterocycles. The normalized spacial score (nSPS) is 11.4. The number of aromatic amines is 1. The van der Waals surface area contributed by atoms with Crippen LogP contribution >= 0.6 is 27.5 Å². The van der Waals surface area contributed by atoms with E-state index in [-0.39, 0.29) is 4.90 Å². The summed E-state index contributed by atoms with van der Waals surface area (Å²) in [6, 6.07) is 4.75. The molecule has 0 spiro atoms. The minimum absolute atomic E-state index is 0.0728. The van der Waals surface area contributed by atoms with Crippen LogP contribution in [0, 0.1) is 0 Å². The highest BCUT2D eigenvalue weighted by atomic mass is 79.9. The Hall–Kier alpha value is -1.05. The quantitative estimate of drug-likeness (QED) is 0.905. The molecule has 2 rings (SSSR count). The number of sulfonamides is 1. The van der Waals surface area contributed by atoms with Crippen molar-refractivity contribution in [1.29, 1.82) is 0 Å². The summed E-state index contributed by atoms with van der Waals surface area (Å²) in [5, 5.41) is 6.54. The predicted molar refractivity (Wildman–Crippen MR) is 68.5 cm³/mol. The van der Waals surface area contributed by atoms with Crippen LogP contribution in [0.2, 0.25) is 5.02 Å². The lowest BCUT2D eigenvalue weighted by molar-refractivity contribution is 0.601. The van der Waals surface area contributed by atoms with Crippen molar-refractivity contribution in [3.8, 4) is 0 Å². The van der Waals surface area contributed by atoms with Crippen LogP contribution in [0.15, 0.2) is 40.0 Å². The fourth-order valence-corrected chi connectivity index (χ4v) is 2.61. The summed E-state index contributed by atoms with van der Waals surface area (Å²) in [5.74, 6) is 0. The highest BCUT2D eigenvalue weighted by Gasteiger charge is 2.15. The van der Waals surface area contributed by atoms with E-state index < -0.39 is 10.0 Å². The standard InChI is InChI=1S/C9H7BrClN3O2S/c10-8-3-6(1-2-9(8)11)14-17(15,16)7-4-12-13-5-7/h1-5,14H,(H,12,13). The number of rotatable bonds is 3. The molecule has 2 aromatic rings. The number of H-pyrrole nitrogens is 1. The highest BCUT2D eigenvalue weighted by molar-refractivity contribution is 9.10. The Bertz CT molecular complexity index is 628. The Kier molecular flexibility index (Phi) is 3.41. The lowest BCUT2D eigenvalue weighted by Crippen LogP contribution is -2.12. The summed E-state index contributed by atoms with van der Waals surface area (Å²) in [5.41, 5.74) is 0.419. The summed E-state index contributed by atoms with van der Waals surface area (Å²) >= 11 is 9.03. The van der Waals surface area contributed by atoms with E-state index in [0.29, 0.717) is 15.2 Å². The summed E-state index contributed by atoms with van der Waals surface area (Å²) in [7, 11) is -3.61. The van der Waals surface area contributed by atoms with Crippen molar-refractivity contribution < 1.29 is 8.42 Å². The number of benzene rings is 1. The van der Waals surface area contributed by atoms with Crippen LogP contribution in [0.5, 0.6) is 0 Å². The van der Waals surface area contributed by atoms with Gasteiger partial charge in [0.25, 0.3) is 10.0 Å². The number of aromatic nitrogens is 2. The van der Waals surface area contributed by atoms with Gasteiger partial charge in [-0.3, -0.25) is 9.82 Å². The van der Waals surface area contributed by atoms with Gasteiger partial charge in [0.15, 0.2) is 0 Å². The molecule has 90 valence electrons. The van der Waals surface area contributed by atoms with E-state index in [1.807, 2.05) is 0 Å². The first-order valence-corrected chi connectivity index (χ1v) is 7.11. The first kappa shape index (κ1) is 12.4. The Morgan fingerprint density at radius 1 is 1.41 bits per heavy atom. The van der Waals surface area contributed by atoms with Crippen LogP contribution in [0.1, 0.15) is 0 Å². The van der Waals surface area contributed by atoms with Crippen molar-refractivity contribution in [1.82, 2.24) is 10.2 Å². The molecule has 0 unspecified atom stereocenters. The van der Waals surface area contributed by atoms with Crippen LogP contribution < -0.4 is 4.72 Å². The topological polar surface area (TPSA) is 74.8 Å². The minimum atomic E-state index is -3.61. The minimum Gasteiger partial charge on any atom is -0.284 e. The summed E-state index contributed by atoms with van der Waals surface area (Å²) < 4.78 is 26.7. The molecule has 2 N–H and O–H groups in total. The molecule has 0 aliphatic carbocycles. The molecular weight excluding hydrogens is 330 g/mol. The van der Waals surface area contributed by atoms with E-state index in [4.69, 9.17) is 11.6 Å². The fraction of sp³-hybridized carbons (Fsp3) is 0. The maximum Gasteiger partial charge on any atom is 0.265 e. The third-order valence-corrected chi connectivity index (χ3v) is 4.52. The molecule has 0 aliphatic rings. The SMILES string of the molecule is O=S(=O)(Nc1ccc(Cl)c(Br)c1)c1cn[nH]c1. The van der Waals surface area contributed by atoms with Gasteiger partial charge in [-0.15, -0.1) is 0 Å². The summed E-state index contributed by atoms with van der Waals surface area (Å²) in [6.07, 6.45) is 2.53. The Morgan fingerprint density at radius 2 is 2.18 bits per heavy atom. The van der Waals surface area contributed by atoms with Gasteiger partial charge in [0.2, 0.25) is 0 Å². The van der Waals surface area contributed by atoms with Crippen LogP contribution in [0.4, 0.5) is 5.69 Å². The Morgan fingerprint density at radius 3 is 2.76 bits per heavy atom. The average molecular weight is 337 g/mol. The third-order valence-electron chi connectivity index (χ3n) is 1.96. The lowest BCUT2D eigenvalue weighted by Gasteiger charge is -2.06. The van der Waals surface area contributed by atoms with Gasteiger partial charge < -0.3 is 0 Å². The molecular formula is C9H7BrClN3O2S. The zero-order valence-corrected chi connectivity index (χ0v) is 11.5. The molecule has 0 aliphatic heterocycles. The Labute approximate surface area is 111 Å². The second kappa shape index (κ2) is 4.67. The first-order valence-electron chi connectivity index (χ1n) is 4.46. The molecule has 0 fully saturated rings. The first-order chi connectivity index (χ1) is 7.99. The van der Waals surface area contributed by atoms with Gasteiger partial charge >= 0.3 is 0 Å². The molecule has 0 saturated heterocycles. The molecule has 1 aromatic carbocycles. The zero-order chi connectivity index (χ0) is 12.5. The van der Waals surface area contributed by atoms with Gasteiger partial charge in [-0.1, -0.05) is 11.6 Å². The van der Waals surface area contributed by atoms with E-state index >= 15 is 0 Å². The summed E-state index contributed by atoms with van der Waals surface area (Å²) in [4.78, 5) is 0.0728. The van der Waals surface area contributed by atoms with E-state index in [9.17, 15) is 8.42 Å². The smallest absolute Gasteiger partial charge is 0.265 e. The number of nitrogens with one attached hydrogen (secondary N) is 2. The van der Waals surface area contributed by atoms with Crippen molar-refractivity contribution in [2.75, 3.05) is 4.72 Å². The van der Waals surface area contributed by atoms with Crippen molar-refractivity contribution in [2.24, 2.45) is 0 Å². The molecule has 0 radical (unpaired) electrons. The van der Waals surface area contributed by atoms with Crippen LogP contribution in [-0.4, -0.2) is 18.6 Å². The Balaban J connectivity index is 2.30. The lowest BCUT2D eigenvalue weighted by atomic mass is 10.3. The van der Waals surface area contributed by atoms with Gasteiger partial charge in [0, 0.05) is 10.7 Å². The van der Waals surface area contributed by atoms with Gasteiger partial charge in [-0.2, -0.15) is 5.10 Å². The molecule has 1 heterocycles. The zero-order valence-electron chi connectivity index (χ0n) is 8.31. The summed E-state index contributed by atoms with van der Waals surface area (Å²) in [6.45, 7) is 0. The number of hydrogen-bond donors (Lipinski definition) is 2. The van der Waals surface area contributed by atoms with E-state index in [1.165, 1.54) is 12.4 Å². The number of hydrogen-bond acceptors (Lipinski definition) is 3. The fourth-order valence-electron chi connectivity index (χ4n) is 1.16. The van der Waals surface area contributed by atoms with Crippen molar-refractivity contribution in [2.45, 2.75) is 4.90 Å². The van der Waals surface area contributed by atoms with Crippen LogP contribution in [0.25, 0.3) is 0 Å². The average Bonchev–Trinajstić information content (AvgIpc) is 2.77. The molecule has 17 heavy (non-hydrogen) atoms. The maximum absolute atomic E-state index is 11.8. The molecule has 5 nitrogen and oxygen atoms in total. The monoisotopic (exact) mass is 335 g/mol. The molecule has 0 saturated carbocycles. The largest absolute Gasteiger partial charge is 0.284 e. The van der Waals surface area contributed by atoms with Crippen molar-refractivity contribution in [3.05, 3.63) is 40.1 Å². The number of halogens is 2. The van der Waals surface area contributed by atoms with Gasteiger partial charge in [-0.25, -0.2) is 8.42 Å². The maximum atomic E-state index is 11.8. The molecule has 0 bridgehead atoms. The van der Waals surface area contributed by atoms with Crippen molar-refractivity contribution >= 4 is 43.2 Å². The van der Waals surface area contributed by atoms with Gasteiger partial charge in [0.05, 0.1) is 16.9 Å². The molecule has 0 atom stereocenters. The van der Waals surface area contributed by atoms with E-state index in [1.54, 1.807) is 18.2 Å². The number of nitrogens with zero attached hydrogens (tertiary/aromatic N) is 1. The third kappa shape index (κ3) is 2.80. The highest BCUT2D eigenvalue weighted by Crippen LogP contribution is 2.26. The second-order valence-corrected chi connectivity index (χ2v) is 6.11. The second-order valence-electron chi connectivity index (χ2n) is 3.17. The van der Waals surface area contributed by atoms with Gasteiger partial charge in [0.1, 0.15) is 4.90 Å². The van der Waals surface area contributed by atoms with Crippen molar-refractivity contribution in [3.63, 3.8) is 0 Å². The predicted octanol–water partition coefficient (Wildman–Crippen LogP) is 2.63. The van der Waals surface area contributed by atoms with E-state index in [0.717, 1.165) is 0 Å². The van der Waals surface area contributed by atoms with Gasteiger partial charge in [-0.05, 0) is 34.1 Å².